The Balaban J connectivity index is 2.08. The molecule has 2 aromatic rings. The molecule has 1 aliphatic rings. The van der Waals surface area contributed by atoms with Gasteiger partial charge in [-0.25, -0.2) is 0 Å². The third kappa shape index (κ3) is 2.90. The molecule has 0 aromatic heterocycles. The number of aryl methyl sites for hydroxylation is 1. The third-order valence-electron chi connectivity index (χ3n) is 4.63. The molecule has 3 rings (SSSR count). The molecule has 1 aliphatic heterocycles. The zero-order valence-corrected chi connectivity index (χ0v) is 14.3. The normalized spacial score (nSPS) is 21.1. The fourth-order valence-corrected chi connectivity index (χ4v) is 3.23. The van der Waals surface area contributed by atoms with Crippen LogP contribution in [0.5, 0.6) is 5.75 Å². The molecule has 0 N–H and O–H groups in total. The lowest BCUT2D eigenvalue weighted by molar-refractivity contribution is 0.183. The van der Waals surface area contributed by atoms with Crippen LogP contribution in [0.4, 0.5) is 0 Å². The third-order valence-corrected chi connectivity index (χ3v) is 4.63. The molecule has 0 amide bonds. The van der Waals surface area contributed by atoms with Crippen molar-refractivity contribution in [1.29, 1.82) is 0 Å². The van der Waals surface area contributed by atoms with Crippen LogP contribution in [0.2, 0.25) is 0 Å². The van der Waals surface area contributed by atoms with Crippen LogP contribution in [0.15, 0.2) is 42.5 Å². The maximum absolute atomic E-state index is 6.07. The summed E-state index contributed by atoms with van der Waals surface area (Å²) in [7, 11) is 0. The molecule has 22 heavy (non-hydrogen) atoms. The van der Waals surface area contributed by atoms with E-state index in [0.29, 0.717) is 5.92 Å². The first-order valence-corrected chi connectivity index (χ1v) is 8.22. The summed E-state index contributed by atoms with van der Waals surface area (Å²) in [6.45, 7) is 11.1. The van der Waals surface area contributed by atoms with Crippen molar-refractivity contribution in [3.8, 4) is 5.75 Å². The summed E-state index contributed by atoms with van der Waals surface area (Å²) in [6.07, 6.45) is 1.31. The Morgan fingerprint density at radius 1 is 1.00 bits per heavy atom. The van der Waals surface area contributed by atoms with Crippen LogP contribution in [-0.4, -0.2) is 6.10 Å². The van der Waals surface area contributed by atoms with Crippen LogP contribution < -0.4 is 4.74 Å². The van der Waals surface area contributed by atoms with Crippen molar-refractivity contribution in [1.82, 2.24) is 0 Å². The van der Waals surface area contributed by atoms with Gasteiger partial charge >= 0.3 is 0 Å². The molecule has 0 saturated carbocycles. The highest BCUT2D eigenvalue weighted by atomic mass is 16.5. The molecule has 0 saturated heterocycles. The SMILES string of the molecule is Cc1ccc(C2CC(C)Oc3ccc(C(C)(C)C)cc32)cc1. The van der Waals surface area contributed by atoms with E-state index < -0.39 is 0 Å². The molecular weight excluding hydrogens is 268 g/mol. The van der Waals surface area contributed by atoms with E-state index in [0.717, 1.165) is 12.2 Å². The van der Waals surface area contributed by atoms with Crippen molar-refractivity contribution >= 4 is 0 Å². The summed E-state index contributed by atoms with van der Waals surface area (Å²) in [5, 5.41) is 0. The molecule has 0 fully saturated rings. The van der Waals surface area contributed by atoms with Gasteiger partial charge in [0.25, 0.3) is 0 Å². The van der Waals surface area contributed by atoms with Crippen molar-refractivity contribution in [3.63, 3.8) is 0 Å². The van der Waals surface area contributed by atoms with Gasteiger partial charge in [-0.1, -0.05) is 62.7 Å². The minimum Gasteiger partial charge on any atom is -0.490 e. The molecule has 1 nitrogen and oxygen atoms in total. The van der Waals surface area contributed by atoms with E-state index >= 15 is 0 Å². The van der Waals surface area contributed by atoms with E-state index in [1.54, 1.807) is 0 Å². The molecule has 1 heteroatoms. The Morgan fingerprint density at radius 3 is 2.32 bits per heavy atom. The average molecular weight is 294 g/mol. The minimum absolute atomic E-state index is 0.163. The summed E-state index contributed by atoms with van der Waals surface area (Å²) in [6, 6.07) is 15.7. The Hall–Kier alpha value is -1.76. The van der Waals surface area contributed by atoms with Crippen LogP contribution in [0.25, 0.3) is 0 Å². The maximum atomic E-state index is 6.07. The summed E-state index contributed by atoms with van der Waals surface area (Å²) in [4.78, 5) is 0. The predicted octanol–water partition coefficient (Wildman–Crippen LogP) is 5.60. The molecule has 2 atom stereocenters. The Kier molecular flexibility index (Phi) is 3.76. The predicted molar refractivity (Wildman–Crippen MR) is 92.9 cm³/mol. The van der Waals surface area contributed by atoms with Gasteiger partial charge in [-0.15, -0.1) is 0 Å². The smallest absolute Gasteiger partial charge is 0.123 e. The molecule has 0 spiro atoms. The second-order valence-electron chi connectivity index (χ2n) is 7.63. The monoisotopic (exact) mass is 294 g/mol. The van der Waals surface area contributed by atoms with Crippen LogP contribution >= 0.6 is 0 Å². The lowest BCUT2D eigenvalue weighted by Crippen LogP contribution is -2.24. The molecule has 0 aliphatic carbocycles. The lowest BCUT2D eigenvalue weighted by atomic mass is 9.80. The molecule has 0 radical (unpaired) electrons. The minimum atomic E-state index is 0.163. The Bertz CT molecular complexity index is 661. The fraction of sp³-hybridized carbons (Fsp3) is 0.429. The summed E-state index contributed by atoms with van der Waals surface area (Å²) < 4.78 is 6.07. The first-order valence-electron chi connectivity index (χ1n) is 8.22. The molecular formula is C21H26O. The molecule has 2 unspecified atom stereocenters. The van der Waals surface area contributed by atoms with Gasteiger partial charge in [0.1, 0.15) is 5.75 Å². The van der Waals surface area contributed by atoms with Crippen LogP contribution in [0, 0.1) is 6.92 Å². The zero-order valence-electron chi connectivity index (χ0n) is 14.3. The number of benzene rings is 2. The van der Waals surface area contributed by atoms with Crippen molar-refractivity contribution in [2.24, 2.45) is 0 Å². The van der Waals surface area contributed by atoms with E-state index in [1.165, 1.54) is 22.3 Å². The van der Waals surface area contributed by atoms with Gasteiger partial charge in [-0.05, 0) is 42.9 Å². The Labute approximate surface area is 134 Å². The van der Waals surface area contributed by atoms with Gasteiger partial charge in [0.15, 0.2) is 0 Å². The van der Waals surface area contributed by atoms with Gasteiger partial charge in [0.2, 0.25) is 0 Å². The Morgan fingerprint density at radius 2 is 1.68 bits per heavy atom. The largest absolute Gasteiger partial charge is 0.490 e. The standard InChI is InChI=1S/C21H26O/c1-14-6-8-16(9-7-14)18-12-15(2)22-20-11-10-17(13-19(18)20)21(3,4)5/h6-11,13,15,18H,12H2,1-5H3. The van der Waals surface area contributed by atoms with Crippen LogP contribution in [0.1, 0.15) is 62.3 Å². The number of rotatable bonds is 1. The quantitative estimate of drug-likeness (QED) is 0.665. The van der Waals surface area contributed by atoms with E-state index in [9.17, 15) is 0 Å². The van der Waals surface area contributed by atoms with E-state index in [4.69, 9.17) is 4.74 Å². The van der Waals surface area contributed by atoms with Gasteiger partial charge in [-0.3, -0.25) is 0 Å². The van der Waals surface area contributed by atoms with Crippen LogP contribution in [0.3, 0.4) is 0 Å². The van der Waals surface area contributed by atoms with Gasteiger partial charge in [0, 0.05) is 11.5 Å². The molecule has 116 valence electrons. The van der Waals surface area contributed by atoms with Crippen molar-refractivity contribution < 1.29 is 4.74 Å². The van der Waals surface area contributed by atoms with Gasteiger partial charge in [0.05, 0.1) is 6.10 Å². The number of ether oxygens (including phenoxy) is 1. The average Bonchev–Trinajstić information content (AvgIpc) is 2.45. The van der Waals surface area contributed by atoms with Crippen LogP contribution in [-0.2, 0) is 5.41 Å². The first kappa shape index (κ1) is 15.1. The highest BCUT2D eigenvalue weighted by Crippen LogP contribution is 2.42. The van der Waals surface area contributed by atoms with E-state index in [-0.39, 0.29) is 11.5 Å². The summed E-state index contributed by atoms with van der Waals surface area (Å²) in [5.41, 5.74) is 5.59. The second kappa shape index (κ2) is 5.46. The molecule has 1 heterocycles. The van der Waals surface area contributed by atoms with Crippen molar-refractivity contribution in [3.05, 3.63) is 64.7 Å². The van der Waals surface area contributed by atoms with E-state index in [1.807, 2.05) is 0 Å². The highest BCUT2D eigenvalue weighted by Gasteiger charge is 2.28. The number of hydrogen-bond donors (Lipinski definition) is 0. The topological polar surface area (TPSA) is 9.23 Å². The zero-order chi connectivity index (χ0) is 15.9. The number of hydrogen-bond acceptors (Lipinski definition) is 1. The second-order valence-corrected chi connectivity index (χ2v) is 7.63. The maximum Gasteiger partial charge on any atom is 0.123 e. The number of fused-ring (bicyclic) bond motifs is 1. The fourth-order valence-electron chi connectivity index (χ4n) is 3.23. The van der Waals surface area contributed by atoms with E-state index in [2.05, 4.69) is 77.1 Å². The molecule has 2 aromatic carbocycles. The van der Waals surface area contributed by atoms with Crippen molar-refractivity contribution in [2.45, 2.75) is 58.5 Å². The van der Waals surface area contributed by atoms with Gasteiger partial charge in [-0.2, -0.15) is 0 Å². The summed E-state index contributed by atoms with van der Waals surface area (Å²) >= 11 is 0. The first-order chi connectivity index (χ1) is 10.3. The van der Waals surface area contributed by atoms with Gasteiger partial charge < -0.3 is 4.74 Å². The van der Waals surface area contributed by atoms with Crippen molar-refractivity contribution in [2.75, 3.05) is 0 Å². The lowest BCUT2D eigenvalue weighted by Gasteiger charge is -2.32. The molecule has 0 bridgehead atoms. The summed E-state index contributed by atoms with van der Waals surface area (Å²) in [5.74, 6) is 1.49. The highest BCUT2D eigenvalue weighted by molar-refractivity contribution is 5.47.